The summed E-state index contributed by atoms with van der Waals surface area (Å²) < 4.78 is 14.6. The second kappa shape index (κ2) is 7.08. The maximum atomic E-state index is 6.27. The highest BCUT2D eigenvalue weighted by atomic mass is 16.7. The van der Waals surface area contributed by atoms with Crippen LogP contribution in [-0.4, -0.2) is 28.6 Å². The molecule has 1 fully saturated rings. The highest BCUT2D eigenvalue weighted by molar-refractivity contribution is 5.21. The number of rotatable bonds is 6. The van der Waals surface area contributed by atoms with Crippen molar-refractivity contribution in [1.29, 1.82) is 0 Å². The Hall–Kier alpha value is -1.65. The van der Waals surface area contributed by atoms with Crippen molar-refractivity contribution in [1.82, 2.24) is 9.55 Å². The summed E-state index contributed by atoms with van der Waals surface area (Å²) >= 11 is 0. The lowest BCUT2D eigenvalue weighted by Gasteiger charge is -2.44. The summed E-state index contributed by atoms with van der Waals surface area (Å²) in [6, 6.07) is 8.73. The number of benzene rings is 1. The topological polar surface area (TPSA) is 36.3 Å². The van der Waals surface area contributed by atoms with E-state index in [0.717, 1.165) is 39.0 Å². The van der Waals surface area contributed by atoms with E-state index < -0.39 is 5.79 Å². The fourth-order valence-corrected chi connectivity index (χ4v) is 2.96. The minimum Gasteiger partial charge on any atom is -0.349 e. The van der Waals surface area contributed by atoms with Gasteiger partial charge in [0.2, 0.25) is 0 Å². The van der Waals surface area contributed by atoms with Crippen molar-refractivity contribution in [2.45, 2.75) is 52.4 Å². The first-order valence-electron chi connectivity index (χ1n) is 8.76. The third-order valence-electron chi connectivity index (χ3n) is 4.68. The van der Waals surface area contributed by atoms with Crippen LogP contribution in [0.3, 0.4) is 0 Å². The summed E-state index contributed by atoms with van der Waals surface area (Å²) in [6.45, 7) is 8.83. The minimum atomic E-state index is -0.495. The SMILES string of the molecule is Cc1ccc(CCC2(CCn3ccnc3)OCC(C)(C)CO2)cc1. The van der Waals surface area contributed by atoms with E-state index >= 15 is 0 Å². The summed E-state index contributed by atoms with van der Waals surface area (Å²) in [4.78, 5) is 4.11. The van der Waals surface area contributed by atoms with E-state index in [1.54, 1.807) is 0 Å². The maximum absolute atomic E-state index is 6.27. The zero-order valence-electron chi connectivity index (χ0n) is 15.0. The van der Waals surface area contributed by atoms with Gasteiger partial charge in [0.1, 0.15) is 0 Å². The van der Waals surface area contributed by atoms with Crippen LogP contribution in [0.2, 0.25) is 0 Å². The van der Waals surface area contributed by atoms with E-state index in [4.69, 9.17) is 9.47 Å². The van der Waals surface area contributed by atoms with Crippen molar-refractivity contribution < 1.29 is 9.47 Å². The Balaban J connectivity index is 1.66. The molecule has 1 aromatic carbocycles. The van der Waals surface area contributed by atoms with Crippen molar-refractivity contribution in [2.24, 2.45) is 5.41 Å². The van der Waals surface area contributed by atoms with Gasteiger partial charge in [-0.15, -0.1) is 0 Å². The van der Waals surface area contributed by atoms with Gasteiger partial charge in [-0.05, 0) is 18.9 Å². The lowest BCUT2D eigenvalue weighted by molar-refractivity contribution is -0.305. The zero-order chi connectivity index (χ0) is 17.0. The van der Waals surface area contributed by atoms with Crippen LogP contribution in [0, 0.1) is 12.3 Å². The van der Waals surface area contributed by atoms with Gasteiger partial charge in [0, 0.05) is 37.2 Å². The highest BCUT2D eigenvalue weighted by Gasteiger charge is 2.40. The summed E-state index contributed by atoms with van der Waals surface area (Å²) in [5, 5.41) is 0. The number of imidazole rings is 1. The van der Waals surface area contributed by atoms with Crippen molar-refractivity contribution >= 4 is 0 Å². The molecule has 0 radical (unpaired) electrons. The van der Waals surface area contributed by atoms with Crippen molar-refractivity contribution in [3.63, 3.8) is 0 Å². The molecule has 24 heavy (non-hydrogen) atoms. The first-order valence-corrected chi connectivity index (χ1v) is 8.76. The molecule has 2 aromatic rings. The van der Waals surface area contributed by atoms with Crippen LogP contribution < -0.4 is 0 Å². The molecule has 4 nitrogen and oxygen atoms in total. The molecular weight excluding hydrogens is 300 g/mol. The van der Waals surface area contributed by atoms with Gasteiger partial charge >= 0.3 is 0 Å². The number of hydrogen-bond acceptors (Lipinski definition) is 3. The molecule has 1 aliphatic rings. The third kappa shape index (κ3) is 4.46. The Kier molecular flexibility index (Phi) is 5.07. The predicted octanol–water partition coefficient (Wildman–Crippen LogP) is 3.98. The molecule has 0 unspecified atom stereocenters. The quantitative estimate of drug-likeness (QED) is 0.804. The lowest BCUT2D eigenvalue weighted by Crippen LogP contribution is -2.48. The van der Waals surface area contributed by atoms with Crippen LogP contribution in [0.15, 0.2) is 43.0 Å². The van der Waals surface area contributed by atoms with E-state index in [1.165, 1.54) is 11.1 Å². The molecular formula is C20H28N2O2. The van der Waals surface area contributed by atoms with Crippen LogP contribution >= 0.6 is 0 Å². The number of ether oxygens (including phenoxy) is 2. The van der Waals surface area contributed by atoms with Gasteiger partial charge in [0.05, 0.1) is 19.5 Å². The molecule has 0 spiro atoms. The minimum absolute atomic E-state index is 0.0857. The third-order valence-corrected chi connectivity index (χ3v) is 4.68. The summed E-state index contributed by atoms with van der Waals surface area (Å²) in [7, 11) is 0. The Morgan fingerprint density at radius 1 is 1.08 bits per heavy atom. The first kappa shape index (κ1) is 17.2. The second-order valence-corrected chi connectivity index (χ2v) is 7.69. The molecule has 2 heterocycles. The number of aryl methyl sites for hydroxylation is 3. The van der Waals surface area contributed by atoms with E-state index in [2.05, 4.69) is 54.6 Å². The van der Waals surface area contributed by atoms with Gasteiger partial charge in [-0.2, -0.15) is 0 Å². The van der Waals surface area contributed by atoms with Crippen molar-refractivity contribution in [3.05, 3.63) is 54.1 Å². The monoisotopic (exact) mass is 328 g/mol. The summed E-state index contributed by atoms with van der Waals surface area (Å²) in [6.07, 6.45) is 8.32. The highest BCUT2D eigenvalue weighted by Crippen LogP contribution is 2.35. The Labute approximate surface area is 144 Å². The molecule has 0 N–H and O–H groups in total. The molecule has 1 aromatic heterocycles. The summed E-state index contributed by atoms with van der Waals surface area (Å²) in [5.41, 5.74) is 2.71. The summed E-state index contributed by atoms with van der Waals surface area (Å²) in [5.74, 6) is -0.495. The molecule has 0 amide bonds. The molecule has 0 atom stereocenters. The van der Waals surface area contributed by atoms with Crippen molar-refractivity contribution in [2.75, 3.05) is 13.2 Å². The normalized spacial score (nSPS) is 19.3. The van der Waals surface area contributed by atoms with Crippen LogP contribution in [0.25, 0.3) is 0 Å². The van der Waals surface area contributed by atoms with Gasteiger partial charge in [-0.1, -0.05) is 43.7 Å². The average Bonchev–Trinajstić information content (AvgIpc) is 3.08. The fraction of sp³-hybridized carbons (Fsp3) is 0.550. The van der Waals surface area contributed by atoms with E-state index in [0.29, 0.717) is 0 Å². The Morgan fingerprint density at radius 3 is 2.42 bits per heavy atom. The Bertz CT molecular complexity index is 622. The van der Waals surface area contributed by atoms with Crippen molar-refractivity contribution in [3.8, 4) is 0 Å². The number of hydrogen-bond donors (Lipinski definition) is 0. The van der Waals surface area contributed by atoms with Gasteiger partial charge < -0.3 is 14.0 Å². The smallest absolute Gasteiger partial charge is 0.170 e. The molecule has 130 valence electrons. The maximum Gasteiger partial charge on any atom is 0.170 e. The first-order chi connectivity index (χ1) is 11.5. The molecule has 3 rings (SSSR count). The van der Waals surface area contributed by atoms with E-state index in [-0.39, 0.29) is 5.41 Å². The van der Waals surface area contributed by atoms with Crippen LogP contribution in [-0.2, 0) is 22.4 Å². The molecule has 4 heteroatoms. The average molecular weight is 328 g/mol. The number of aromatic nitrogens is 2. The molecule has 1 saturated heterocycles. The Morgan fingerprint density at radius 2 is 1.79 bits per heavy atom. The van der Waals surface area contributed by atoms with Crippen LogP contribution in [0.4, 0.5) is 0 Å². The van der Waals surface area contributed by atoms with Gasteiger partial charge in [0.15, 0.2) is 5.79 Å². The van der Waals surface area contributed by atoms with E-state index in [9.17, 15) is 0 Å². The molecule has 1 aliphatic heterocycles. The fourth-order valence-electron chi connectivity index (χ4n) is 2.96. The van der Waals surface area contributed by atoms with E-state index in [1.807, 2.05) is 18.7 Å². The van der Waals surface area contributed by atoms with Gasteiger partial charge in [-0.3, -0.25) is 0 Å². The largest absolute Gasteiger partial charge is 0.349 e. The standard InChI is InChI=1S/C20H28N2O2/c1-17-4-6-18(7-5-17)8-9-20(10-12-22-13-11-21-16-22)23-14-19(2,3)15-24-20/h4-7,11,13,16H,8-10,12,14-15H2,1-3H3. The van der Waals surface area contributed by atoms with Gasteiger partial charge in [0.25, 0.3) is 0 Å². The molecule has 0 bridgehead atoms. The van der Waals surface area contributed by atoms with Gasteiger partial charge in [-0.25, -0.2) is 4.98 Å². The predicted molar refractivity (Wildman–Crippen MR) is 94.8 cm³/mol. The molecule has 0 saturated carbocycles. The zero-order valence-corrected chi connectivity index (χ0v) is 15.0. The number of nitrogens with zero attached hydrogens (tertiary/aromatic N) is 2. The second-order valence-electron chi connectivity index (χ2n) is 7.69. The molecule has 0 aliphatic carbocycles. The lowest BCUT2D eigenvalue weighted by atomic mass is 9.92. The van der Waals surface area contributed by atoms with Crippen LogP contribution in [0.5, 0.6) is 0 Å². The van der Waals surface area contributed by atoms with Crippen LogP contribution in [0.1, 0.15) is 37.8 Å².